The molecule has 0 amide bonds. The molecule has 0 spiro atoms. The Hall–Kier alpha value is -1.82. The SMILES string of the molecule is CCCOc1ccc(CN=C(NCC)NCCCOC)cn1. The summed E-state index contributed by atoms with van der Waals surface area (Å²) in [6.07, 6.45) is 3.74. The summed E-state index contributed by atoms with van der Waals surface area (Å²) >= 11 is 0. The fourth-order valence-electron chi connectivity index (χ4n) is 1.73. The van der Waals surface area contributed by atoms with Crippen LogP contribution >= 0.6 is 0 Å². The molecule has 0 aliphatic rings. The van der Waals surface area contributed by atoms with Gasteiger partial charge < -0.3 is 20.1 Å². The fraction of sp³-hybridized carbons (Fsp3) is 0.625. The fourth-order valence-corrected chi connectivity index (χ4v) is 1.73. The van der Waals surface area contributed by atoms with E-state index in [1.807, 2.05) is 25.3 Å². The van der Waals surface area contributed by atoms with Gasteiger partial charge in [-0.15, -0.1) is 0 Å². The Morgan fingerprint density at radius 1 is 1.23 bits per heavy atom. The van der Waals surface area contributed by atoms with Crippen molar-refractivity contribution < 1.29 is 9.47 Å². The Balaban J connectivity index is 2.46. The number of aliphatic imine (C=N–C) groups is 1. The van der Waals surface area contributed by atoms with E-state index in [1.165, 1.54) is 0 Å². The molecule has 124 valence electrons. The van der Waals surface area contributed by atoms with E-state index in [2.05, 4.69) is 27.5 Å². The number of rotatable bonds is 10. The van der Waals surface area contributed by atoms with Crippen molar-refractivity contribution in [2.75, 3.05) is 33.4 Å². The third-order valence-electron chi connectivity index (χ3n) is 2.83. The minimum atomic E-state index is 0.584. The summed E-state index contributed by atoms with van der Waals surface area (Å²) in [5.41, 5.74) is 1.05. The van der Waals surface area contributed by atoms with E-state index in [0.29, 0.717) is 19.0 Å². The molecule has 22 heavy (non-hydrogen) atoms. The van der Waals surface area contributed by atoms with Gasteiger partial charge in [-0.2, -0.15) is 0 Å². The van der Waals surface area contributed by atoms with Crippen molar-refractivity contribution in [3.63, 3.8) is 0 Å². The smallest absolute Gasteiger partial charge is 0.213 e. The summed E-state index contributed by atoms with van der Waals surface area (Å²) in [5.74, 6) is 1.48. The summed E-state index contributed by atoms with van der Waals surface area (Å²) in [6.45, 7) is 7.81. The van der Waals surface area contributed by atoms with Gasteiger partial charge in [0.2, 0.25) is 5.88 Å². The molecule has 0 aliphatic heterocycles. The van der Waals surface area contributed by atoms with E-state index in [1.54, 1.807) is 7.11 Å². The number of aromatic nitrogens is 1. The Labute approximate surface area is 133 Å². The van der Waals surface area contributed by atoms with Crippen LogP contribution in [0.5, 0.6) is 5.88 Å². The number of ether oxygens (including phenoxy) is 2. The highest BCUT2D eigenvalue weighted by Crippen LogP contribution is 2.08. The molecule has 0 bridgehead atoms. The summed E-state index contributed by atoms with van der Waals surface area (Å²) in [4.78, 5) is 8.82. The number of nitrogens with zero attached hydrogens (tertiary/aromatic N) is 2. The maximum absolute atomic E-state index is 5.47. The van der Waals surface area contributed by atoms with Crippen LogP contribution in [0.25, 0.3) is 0 Å². The van der Waals surface area contributed by atoms with Crippen molar-refractivity contribution in [1.82, 2.24) is 15.6 Å². The van der Waals surface area contributed by atoms with Crippen molar-refractivity contribution in [2.24, 2.45) is 4.99 Å². The van der Waals surface area contributed by atoms with Gasteiger partial charge >= 0.3 is 0 Å². The number of hydrogen-bond donors (Lipinski definition) is 2. The second-order valence-electron chi connectivity index (χ2n) is 4.82. The Morgan fingerprint density at radius 3 is 2.73 bits per heavy atom. The van der Waals surface area contributed by atoms with Crippen LogP contribution in [0.1, 0.15) is 32.3 Å². The molecule has 1 aromatic heterocycles. The molecular weight excluding hydrogens is 280 g/mol. The largest absolute Gasteiger partial charge is 0.478 e. The monoisotopic (exact) mass is 308 g/mol. The molecule has 0 fully saturated rings. The van der Waals surface area contributed by atoms with Gasteiger partial charge in [0.1, 0.15) is 0 Å². The zero-order valence-electron chi connectivity index (χ0n) is 13.9. The lowest BCUT2D eigenvalue weighted by Gasteiger charge is -2.11. The van der Waals surface area contributed by atoms with E-state index in [0.717, 1.165) is 44.1 Å². The Bertz CT molecular complexity index is 421. The van der Waals surface area contributed by atoms with Crippen molar-refractivity contribution in [1.29, 1.82) is 0 Å². The first-order valence-corrected chi connectivity index (χ1v) is 7.89. The summed E-state index contributed by atoms with van der Waals surface area (Å²) in [6, 6.07) is 3.88. The predicted molar refractivity (Wildman–Crippen MR) is 89.3 cm³/mol. The average Bonchev–Trinajstić information content (AvgIpc) is 2.55. The molecule has 1 aromatic rings. The van der Waals surface area contributed by atoms with Gasteiger partial charge in [0.25, 0.3) is 0 Å². The predicted octanol–water partition coefficient (Wildman–Crippen LogP) is 1.96. The lowest BCUT2D eigenvalue weighted by atomic mass is 10.3. The summed E-state index contributed by atoms with van der Waals surface area (Å²) < 4.78 is 10.5. The molecule has 0 saturated carbocycles. The number of guanidine groups is 1. The van der Waals surface area contributed by atoms with Gasteiger partial charge in [0.15, 0.2) is 5.96 Å². The third kappa shape index (κ3) is 7.83. The highest BCUT2D eigenvalue weighted by molar-refractivity contribution is 5.79. The first kappa shape index (κ1) is 18.2. The second-order valence-corrected chi connectivity index (χ2v) is 4.82. The van der Waals surface area contributed by atoms with E-state index < -0.39 is 0 Å². The van der Waals surface area contributed by atoms with Crippen LogP contribution in [0.3, 0.4) is 0 Å². The molecule has 0 saturated heterocycles. The maximum Gasteiger partial charge on any atom is 0.213 e. The van der Waals surface area contributed by atoms with Crippen molar-refractivity contribution in [2.45, 2.75) is 33.2 Å². The Morgan fingerprint density at radius 2 is 2.09 bits per heavy atom. The van der Waals surface area contributed by atoms with Gasteiger partial charge in [0.05, 0.1) is 13.2 Å². The minimum Gasteiger partial charge on any atom is -0.478 e. The summed E-state index contributed by atoms with van der Waals surface area (Å²) in [7, 11) is 1.71. The zero-order chi connectivity index (χ0) is 16.0. The minimum absolute atomic E-state index is 0.584. The second kappa shape index (κ2) is 11.8. The molecule has 0 unspecified atom stereocenters. The van der Waals surface area contributed by atoms with Gasteiger partial charge in [-0.05, 0) is 25.3 Å². The molecule has 0 atom stereocenters. The lowest BCUT2D eigenvalue weighted by Crippen LogP contribution is -2.38. The van der Waals surface area contributed by atoms with E-state index in [9.17, 15) is 0 Å². The standard InChI is InChI=1S/C16H28N4O2/c1-4-10-22-15-8-7-14(12-19-15)13-20-16(17-5-2)18-9-6-11-21-3/h7-8,12H,4-6,9-11,13H2,1-3H3,(H2,17,18,20). The maximum atomic E-state index is 5.47. The topological polar surface area (TPSA) is 67.8 Å². The van der Waals surface area contributed by atoms with Crippen LogP contribution in [-0.4, -0.2) is 44.4 Å². The molecule has 6 nitrogen and oxygen atoms in total. The van der Waals surface area contributed by atoms with E-state index in [-0.39, 0.29) is 0 Å². The lowest BCUT2D eigenvalue weighted by molar-refractivity contribution is 0.195. The van der Waals surface area contributed by atoms with Gasteiger partial charge in [0, 0.05) is 39.1 Å². The van der Waals surface area contributed by atoms with Gasteiger partial charge in [-0.1, -0.05) is 13.0 Å². The van der Waals surface area contributed by atoms with Crippen LogP contribution in [-0.2, 0) is 11.3 Å². The number of nitrogens with one attached hydrogen (secondary N) is 2. The van der Waals surface area contributed by atoms with Crippen molar-refractivity contribution in [3.05, 3.63) is 23.9 Å². The van der Waals surface area contributed by atoms with Crippen LogP contribution in [0.2, 0.25) is 0 Å². The van der Waals surface area contributed by atoms with E-state index >= 15 is 0 Å². The molecule has 2 N–H and O–H groups in total. The normalized spacial score (nSPS) is 11.3. The molecular formula is C16H28N4O2. The summed E-state index contributed by atoms with van der Waals surface area (Å²) in [5, 5.41) is 6.50. The molecule has 0 radical (unpaired) electrons. The van der Waals surface area contributed by atoms with E-state index in [4.69, 9.17) is 9.47 Å². The van der Waals surface area contributed by atoms with Crippen LogP contribution < -0.4 is 15.4 Å². The van der Waals surface area contributed by atoms with Crippen LogP contribution in [0.15, 0.2) is 23.3 Å². The highest BCUT2D eigenvalue weighted by atomic mass is 16.5. The molecule has 0 aliphatic carbocycles. The van der Waals surface area contributed by atoms with Gasteiger partial charge in [-0.25, -0.2) is 9.98 Å². The quantitative estimate of drug-likeness (QED) is 0.393. The van der Waals surface area contributed by atoms with Crippen LogP contribution in [0, 0.1) is 0 Å². The number of pyridine rings is 1. The first-order valence-electron chi connectivity index (χ1n) is 7.89. The van der Waals surface area contributed by atoms with Crippen molar-refractivity contribution >= 4 is 5.96 Å². The van der Waals surface area contributed by atoms with Crippen molar-refractivity contribution in [3.8, 4) is 5.88 Å². The molecule has 6 heteroatoms. The zero-order valence-corrected chi connectivity index (χ0v) is 13.9. The average molecular weight is 308 g/mol. The highest BCUT2D eigenvalue weighted by Gasteiger charge is 1.99. The number of methoxy groups -OCH3 is 1. The third-order valence-corrected chi connectivity index (χ3v) is 2.83. The van der Waals surface area contributed by atoms with Crippen LogP contribution in [0.4, 0.5) is 0 Å². The first-order chi connectivity index (χ1) is 10.8. The van der Waals surface area contributed by atoms with Gasteiger partial charge in [-0.3, -0.25) is 0 Å². The Kier molecular flexibility index (Phi) is 9.78. The molecule has 0 aromatic carbocycles. The molecule has 1 heterocycles. The number of hydrogen-bond acceptors (Lipinski definition) is 4. The molecule has 1 rings (SSSR count).